The molecular formula is C22H28O10. The van der Waals surface area contributed by atoms with Crippen molar-refractivity contribution in [3.8, 4) is 23.0 Å². The fourth-order valence-electron chi connectivity index (χ4n) is 2.65. The van der Waals surface area contributed by atoms with Gasteiger partial charge in [0.15, 0.2) is 11.5 Å². The molecule has 0 spiro atoms. The smallest absolute Gasteiger partial charge is 0.322 e. The Balaban J connectivity index is 3.63. The number of ether oxygens (including phenoxy) is 6. The van der Waals surface area contributed by atoms with Crippen molar-refractivity contribution in [3.05, 3.63) is 22.8 Å². The summed E-state index contributed by atoms with van der Waals surface area (Å²) in [5.74, 6) is -3.30. The third kappa shape index (κ3) is 7.00. The van der Waals surface area contributed by atoms with Crippen LogP contribution in [0.5, 0.6) is 23.0 Å². The van der Waals surface area contributed by atoms with Gasteiger partial charge in [-0.05, 0) is 27.2 Å². The second kappa shape index (κ2) is 12.3. The van der Waals surface area contributed by atoms with Gasteiger partial charge in [0.1, 0.15) is 12.8 Å². The van der Waals surface area contributed by atoms with Gasteiger partial charge in [0.2, 0.25) is 11.5 Å². The number of hydrogen-bond donors (Lipinski definition) is 0. The molecule has 10 heteroatoms. The van der Waals surface area contributed by atoms with Crippen molar-refractivity contribution in [2.24, 2.45) is 0 Å². The van der Waals surface area contributed by atoms with Gasteiger partial charge in [0, 0.05) is 11.1 Å². The molecular weight excluding hydrogens is 424 g/mol. The van der Waals surface area contributed by atoms with Crippen molar-refractivity contribution in [1.29, 1.82) is 0 Å². The zero-order valence-electron chi connectivity index (χ0n) is 19.3. The summed E-state index contributed by atoms with van der Waals surface area (Å²) in [5, 5.41) is 0. The Labute approximate surface area is 186 Å². The molecule has 0 saturated carbocycles. The van der Waals surface area contributed by atoms with Crippen LogP contribution < -0.4 is 18.9 Å². The molecule has 0 heterocycles. The predicted molar refractivity (Wildman–Crippen MR) is 112 cm³/mol. The van der Waals surface area contributed by atoms with Crippen LogP contribution in [-0.4, -0.2) is 52.3 Å². The first-order valence-electron chi connectivity index (χ1n) is 9.55. The molecule has 32 heavy (non-hydrogen) atoms. The third-order valence-corrected chi connectivity index (χ3v) is 4.27. The molecule has 1 aromatic carbocycles. The number of esters is 4. The van der Waals surface area contributed by atoms with Crippen LogP contribution in [-0.2, 0) is 35.1 Å². The zero-order chi connectivity index (χ0) is 24.4. The van der Waals surface area contributed by atoms with Gasteiger partial charge in [-0.1, -0.05) is 11.6 Å². The molecule has 0 amide bonds. The summed E-state index contributed by atoms with van der Waals surface area (Å²) in [4.78, 5) is 47.4. The molecule has 0 aliphatic rings. The Hall–Kier alpha value is -3.56. The molecule has 0 radical (unpaired) electrons. The molecule has 0 N–H and O–H groups in total. The fraction of sp³-hybridized carbons (Fsp3) is 0.455. The van der Waals surface area contributed by atoms with E-state index in [9.17, 15) is 19.2 Å². The quantitative estimate of drug-likeness (QED) is 0.226. The Morgan fingerprint density at radius 3 is 1.53 bits per heavy atom. The van der Waals surface area contributed by atoms with Crippen LogP contribution >= 0.6 is 0 Å². The minimum atomic E-state index is -0.871. The van der Waals surface area contributed by atoms with Gasteiger partial charge in [-0.15, -0.1) is 0 Å². The minimum Gasteiger partial charge on any atom is -0.490 e. The van der Waals surface area contributed by atoms with Crippen LogP contribution in [0, 0.1) is 6.92 Å². The number of benzene rings is 1. The molecule has 0 aliphatic carbocycles. The first kappa shape index (κ1) is 26.5. The first-order valence-corrected chi connectivity index (χ1v) is 9.55. The van der Waals surface area contributed by atoms with Crippen LogP contribution in [0.4, 0.5) is 0 Å². The maximum Gasteiger partial charge on any atom is 0.322 e. The van der Waals surface area contributed by atoms with E-state index in [0.29, 0.717) is 11.1 Å². The summed E-state index contributed by atoms with van der Waals surface area (Å²) in [6, 6.07) is 0. The maximum absolute atomic E-state index is 12.3. The molecule has 1 rings (SSSR count). The van der Waals surface area contributed by atoms with Crippen molar-refractivity contribution >= 4 is 23.9 Å². The van der Waals surface area contributed by atoms with Crippen molar-refractivity contribution in [2.45, 2.75) is 40.0 Å². The molecule has 0 aliphatic heterocycles. The molecule has 0 unspecified atom stereocenters. The molecule has 176 valence electrons. The summed E-state index contributed by atoms with van der Waals surface area (Å²) >= 11 is 0. The van der Waals surface area contributed by atoms with Crippen LogP contribution in [0.1, 0.15) is 37.8 Å². The van der Waals surface area contributed by atoms with Gasteiger partial charge in [-0.2, -0.15) is 0 Å². The standard InChI is InChI=1S/C22H28O10/c1-12(2)8-9-14-13(3)19(31-17(25)10-15(23)27-4)21(29-6)22(30-7)20(14)32-18(26)11-16(24)28-5/h8H,9-11H2,1-7H3. The third-order valence-electron chi connectivity index (χ3n) is 4.27. The lowest BCUT2D eigenvalue weighted by atomic mass is 10.00. The van der Waals surface area contributed by atoms with Gasteiger partial charge in [0.05, 0.1) is 28.4 Å². The van der Waals surface area contributed by atoms with Gasteiger partial charge < -0.3 is 28.4 Å². The monoisotopic (exact) mass is 452 g/mol. The molecule has 0 saturated heterocycles. The topological polar surface area (TPSA) is 124 Å². The van der Waals surface area contributed by atoms with Gasteiger partial charge in [0.25, 0.3) is 0 Å². The highest BCUT2D eigenvalue weighted by Gasteiger charge is 2.29. The average Bonchev–Trinajstić information content (AvgIpc) is 2.74. The second-order valence-corrected chi connectivity index (χ2v) is 6.77. The van der Waals surface area contributed by atoms with E-state index < -0.39 is 36.7 Å². The molecule has 1 aromatic rings. The summed E-state index contributed by atoms with van der Waals surface area (Å²) in [6.45, 7) is 5.40. The molecule has 10 nitrogen and oxygen atoms in total. The average molecular weight is 452 g/mol. The number of allylic oxidation sites excluding steroid dienone is 2. The van der Waals surface area contributed by atoms with Crippen LogP contribution in [0.15, 0.2) is 11.6 Å². The Morgan fingerprint density at radius 1 is 0.688 bits per heavy atom. The van der Waals surface area contributed by atoms with E-state index in [0.717, 1.165) is 19.8 Å². The van der Waals surface area contributed by atoms with E-state index in [2.05, 4.69) is 9.47 Å². The summed E-state index contributed by atoms with van der Waals surface area (Å²) < 4.78 is 30.6. The molecule has 0 aromatic heterocycles. The number of methoxy groups -OCH3 is 4. The molecule has 0 bridgehead atoms. The Morgan fingerprint density at radius 2 is 1.12 bits per heavy atom. The highest BCUT2D eigenvalue weighted by atomic mass is 16.6. The van der Waals surface area contributed by atoms with E-state index in [4.69, 9.17) is 18.9 Å². The Bertz CT molecular complexity index is 910. The normalized spacial score (nSPS) is 9.97. The van der Waals surface area contributed by atoms with E-state index in [1.54, 1.807) is 6.92 Å². The van der Waals surface area contributed by atoms with Gasteiger partial charge >= 0.3 is 23.9 Å². The molecule has 0 fully saturated rings. The van der Waals surface area contributed by atoms with Crippen molar-refractivity contribution in [3.63, 3.8) is 0 Å². The Kier molecular flexibility index (Phi) is 10.2. The fourth-order valence-corrected chi connectivity index (χ4v) is 2.65. The number of hydrogen-bond acceptors (Lipinski definition) is 10. The first-order chi connectivity index (χ1) is 15.1. The largest absolute Gasteiger partial charge is 0.490 e. The summed E-state index contributed by atoms with van der Waals surface area (Å²) in [5.41, 5.74) is 1.86. The summed E-state index contributed by atoms with van der Waals surface area (Å²) in [6.07, 6.45) is 0.933. The van der Waals surface area contributed by atoms with Gasteiger partial charge in [-0.25, -0.2) is 0 Å². The second-order valence-electron chi connectivity index (χ2n) is 6.77. The van der Waals surface area contributed by atoms with E-state index >= 15 is 0 Å². The highest BCUT2D eigenvalue weighted by molar-refractivity contribution is 5.94. The maximum atomic E-state index is 12.3. The van der Waals surface area contributed by atoms with Crippen LogP contribution in [0.3, 0.4) is 0 Å². The van der Waals surface area contributed by atoms with Gasteiger partial charge in [-0.3, -0.25) is 19.2 Å². The lowest BCUT2D eigenvalue weighted by Crippen LogP contribution is -2.18. The van der Waals surface area contributed by atoms with E-state index in [1.807, 2.05) is 19.9 Å². The van der Waals surface area contributed by atoms with E-state index in [1.165, 1.54) is 14.2 Å². The SMILES string of the molecule is COC(=O)CC(=O)Oc1c(C)c(CC=C(C)C)c(OC(=O)CC(=O)OC)c(OC)c1OC. The highest BCUT2D eigenvalue weighted by Crippen LogP contribution is 2.50. The lowest BCUT2D eigenvalue weighted by Gasteiger charge is -2.22. The minimum absolute atomic E-state index is 0.00294. The summed E-state index contributed by atoms with van der Waals surface area (Å²) in [7, 11) is 4.93. The zero-order valence-corrected chi connectivity index (χ0v) is 19.3. The van der Waals surface area contributed by atoms with Crippen molar-refractivity contribution < 1.29 is 47.6 Å². The van der Waals surface area contributed by atoms with Crippen molar-refractivity contribution in [1.82, 2.24) is 0 Å². The number of carbonyl (C=O) groups is 4. The molecule has 0 atom stereocenters. The number of rotatable bonds is 10. The van der Waals surface area contributed by atoms with Crippen LogP contribution in [0.2, 0.25) is 0 Å². The van der Waals surface area contributed by atoms with Crippen LogP contribution in [0.25, 0.3) is 0 Å². The predicted octanol–water partition coefficient (Wildman–Crippen LogP) is 2.46. The number of carbonyl (C=O) groups excluding carboxylic acids is 4. The van der Waals surface area contributed by atoms with E-state index in [-0.39, 0.29) is 29.4 Å². The van der Waals surface area contributed by atoms with Crippen molar-refractivity contribution in [2.75, 3.05) is 28.4 Å². The lowest BCUT2D eigenvalue weighted by molar-refractivity contribution is -0.150.